The minimum Gasteiger partial charge on any atom is -0.478 e. The van der Waals surface area contributed by atoms with Crippen LogP contribution < -0.4 is 4.74 Å². The molecule has 1 aromatic rings. The number of Topliss-reactive ketones (excluding diaryl/α,β-unsaturated/α-hetero) is 1. The average molecular weight is 386 g/mol. The Morgan fingerprint density at radius 2 is 1.80 bits per heavy atom. The van der Waals surface area contributed by atoms with Gasteiger partial charge in [-0.1, -0.05) is 11.6 Å². The Bertz CT molecular complexity index is 593. The predicted molar refractivity (Wildman–Crippen MR) is 100 cm³/mol. The summed E-state index contributed by atoms with van der Waals surface area (Å²) < 4.78 is 5.88. The third-order valence-corrected chi connectivity index (χ3v) is 5.13. The van der Waals surface area contributed by atoms with Gasteiger partial charge >= 0.3 is 0 Å². The smallest absolute Gasteiger partial charge is 0.266 e. The van der Waals surface area contributed by atoms with Gasteiger partial charge in [-0.15, -0.1) is 11.6 Å². The van der Waals surface area contributed by atoms with Crippen molar-refractivity contribution in [2.24, 2.45) is 5.92 Å². The first-order valence-corrected chi connectivity index (χ1v) is 9.54. The molecule has 1 saturated heterocycles. The molecular formula is C19H25Cl2NO3. The number of piperidine rings is 1. The summed E-state index contributed by atoms with van der Waals surface area (Å²) in [5.41, 5.74) is -0.935. The number of alkyl halides is 1. The van der Waals surface area contributed by atoms with E-state index in [4.69, 9.17) is 27.9 Å². The van der Waals surface area contributed by atoms with Crippen molar-refractivity contribution in [3.63, 3.8) is 0 Å². The Labute approximate surface area is 159 Å². The molecule has 0 N–H and O–H groups in total. The number of halogens is 2. The van der Waals surface area contributed by atoms with Crippen LogP contribution in [0.4, 0.5) is 0 Å². The molecule has 1 aliphatic rings. The van der Waals surface area contributed by atoms with Crippen molar-refractivity contribution in [3.05, 3.63) is 29.3 Å². The SMILES string of the molecule is CC(C)(Oc1ccc(Cl)cc1)C(=O)N1CCC(CCC(=O)CCl)CC1. The van der Waals surface area contributed by atoms with Crippen LogP contribution >= 0.6 is 23.2 Å². The lowest BCUT2D eigenvalue weighted by Crippen LogP contribution is -2.51. The lowest BCUT2D eigenvalue weighted by Gasteiger charge is -2.37. The van der Waals surface area contributed by atoms with Crippen molar-refractivity contribution < 1.29 is 14.3 Å². The third-order valence-electron chi connectivity index (χ3n) is 4.58. The second-order valence-corrected chi connectivity index (χ2v) is 7.72. The van der Waals surface area contributed by atoms with Crippen LogP contribution in [-0.2, 0) is 9.59 Å². The van der Waals surface area contributed by atoms with Crippen LogP contribution in [0, 0.1) is 5.92 Å². The van der Waals surface area contributed by atoms with Gasteiger partial charge in [-0.25, -0.2) is 0 Å². The normalized spacial score (nSPS) is 15.9. The van der Waals surface area contributed by atoms with Gasteiger partial charge in [0.15, 0.2) is 5.60 Å². The lowest BCUT2D eigenvalue weighted by atomic mass is 9.90. The van der Waals surface area contributed by atoms with Crippen molar-refractivity contribution in [1.29, 1.82) is 0 Å². The van der Waals surface area contributed by atoms with E-state index in [9.17, 15) is 9.59 Å². The van der Waals surface area contributed by atoms with Crippen LogP contribution in [-0.4, -0.2) is 41.2 Å². The molecule has 0 unspecified atom stereocenters. The highest BCUT2D eigenvalue weighted by atomic mass is 35.5. The number of likely N-dealkylation sites (tertiary alicyclic amines) is 1. The van der Waals surface area contributed by atoms with Crippen molar-refractivity contribution in [1.82, 2.24) is 4.90 Å². The van der Waals surface area contributed by atoms with E-state index in [0.29, 0.717) is 36.2 Å². The molecule has 25 heavy (non-hydrogen) atoms. The topological polar surface area (TPSA) is 46.6 Å². The molecule has 6 heteroatoms. The summed E-state index contributed by atoms with van der Waals surface area (Å²) in [4.78, 5) is 26.0. The molecule has 138 valence electrons. The molecule has 0 spiro atoms. The van der Waals surface area contributed by atoms with Gasteiger partial charge in [-0.3, -0.25) is 9.59 Å². The van der Waals surface area contributed by atoms with Crippen LogP contribution in [0.1, 0.15) is 39.5 Å². The summed E-state index contributed by atoms with van der Waals surface area (Å²) in [7, 11) is 0. The molecule has 4 nitrogen and oxygen atoms in total. The molecule has 1 amide bonds. The second kappa shape index (κ2) is 8.91. The molecule has 1 aromatic carbocycles. The Morgan fingerprint density at radius 3 is 2.36 bits per heavy atom. The number of ether oxygens (including phenoxy) is 1. The highest BCUT2D eigenvalue weighted by molar-refractivity contribution is 6.30. The number of nitrogens with zero attached hydrogens (tertiary/aromatic N) is 1. The zero-order valence-corrected chi connectivity index (χ0v) is 16.3. The minimum absolute atomic E-state index is 0.0160. The molecule has 0 aliphatic carbocycles. The maximum absolute atomic E-state index is 12.8. The third kappa shape index (κ3) is 5.89. The van der Waals surface area contributed by atoms with Gasteiger partial charge in [0, 0.05) is 24.5 Å². The molecule has 0 atom stereocenters. The lowest BCUT2D eigenvalue weighted by molar-refractivity contribution is -0.147. The first kappa shape index (κ1) is 20.1. The molecule has 1 aliphatic heterocycles. The van der Waals surface area contributed by atoms with E-state index < -0.39 is 5.60 Å². The van der Waals surface area contributed by atoms with Gasteiger partial charge in [0.2, 0.25) is 0 Å². The van der Waals surface area contributed by atoms with Gasteiger partial charge < -0.3 is 9.64 Å². The quantitative estimate of drug-likeness (QED) is 0.656. The Kier molecular flexibility index (Phi) is 7.14. The summed E-state index contributed by atoms with van der Waals surface area (Å²) in [5, 5.41) is 0.631. The maximum Gasteiger partial charge on any atom is 0.266 e. The number of carbonyl (C=O) groups is 2. The van der Waals surface area contributed by atoms with Crippen molar-refractivity contribution in [3.8, 4) is 5.75 Å². The molecular weight excluding hydrogens is 361 g/mol. The highest BCUT2D eigenvalue weighted by Gasteiger charge is 2.36. The summed E-state index contributed by atoms with van der Waals surface area (Å²) in [6.45, 7) is 4.97. The Morgan fingerprint density at radius 1 is 1.20 bits per heavy atom. The van der Waals surface area contributed by atoms with E-state index in [1.54, 1.807) is 38.1 Å². The van der Waals surface area contributed by atoms with E-state index >= 15 is 0 Å². The van der Waals surface area contributed by atoms with E-state index in [-0.39, 0.29) is 17.6 Å². The fourth-order valence-electron chi connectivity index (χ4n) is 3.08. The molecule has 0 aromatic heterocycles. The van der Waals surface area contributed by atoms with E-state index in [2.05, 4.69) is 0 Å². The van der Waals surface area contributed by atoms with Gasteiger partial charge in [0.25, 0.3) is 5.91 Å². The standard InChI is InChI=1S/C19H25Cl2NO3/c1-19(2,25-17-7-4-15(21)5-8-17)18(24)22-11-9-14(10-12-22)3-6-16(23)13-20/h4-5,7-8,14H,3,6,9-13H2,1-2H3. The van der Waals surface area contributed by atoms with Crippen LogP contribution in [0.25, 0.3) is 0 Å². The summed E-state index contributed by atoms with van der Waals surface area (Å²) in [6, 6.07) is 7.01. The van der Waals surface area contributed by atoms with Gasteiger partial charge in [-0.2, -0.15) is 0 Å². The predicted octanol–water partition coefficient (Wildman–Crippen LogP) is 4.32. The zero-order valence-electron chi connectivity index (χ0n) is 14.8. The molecule has 2 rings (SSSR count). The van der Waals surface area contributed by atoms with Crippen LogP contribution in [0.5, 0.6) is 5.75 Å². The number of amides is 1. The molecule has 0 saturated carbocycles. The van der Waals surface area contributed by atoms with Crippen LogP contribution in [0.3, 0.4) is 0 Å². The van der Waals surface area contributed by atoms with E-state index in [0.717, 1.165) is 19.3 Å². The first-order chi connectivity index (χ1) is 11.8. The largest absolute Gasteiger partial charge is 0.478 e. The minimum atomic E-state index is -0.935. The van der Waals surface area contributed by atoms with Crippen LogP contribution in [0.2, 0.25) is 5.02 Å². The fraction of sp³-hybridized carbons (Fsp3) is 0.579. The number of benzene rings is 1. The summed E-state index contributed by atoms with van der Waals surface area (Å²) in [6.07, 6.45) is 3.22. The average Bonchev–Trinajstić information content (AvgIpc) is 2.61. The summed E-state index contributed by atoms with van der Waals surface area (Å²) in [5.74, 6) is 1.28. The monoisotopic (exact) mass is 385 g/mol. The first-order valence-electron chi connectivity index (χ1n) is 8.63. The highest BCUT2D eigenvalue weighted by Crippen LogP contribution is 2.26. The van der Waals surface area contributed by atoms with Gasteiger partial charge in [0.1, 0.15) is 11.5 Å². The van der Waals surface area contributed by atoms with Crippen molar-refractivity contribution in [2.45, 2.75) is 45.1 Å². The molecule has 1 heterocycles. The number of ketones is 1. The number of carbonyl (C=O) groups excluding carboxylic acids is 2. The van der Waals surface area contributed by atoms with Crippen molar-refractivity contribution in [2.75, 3.05) is 19.0 Å². The maximum atomic E-state index is 12.8. The number of hydrogen-bond acceptors (Lipinski definition) is 3. The van der Waals surface area contributed by atoms with Gasteiger partial charge in [-0.05, 0) is 63.3 Å². The number of hydrogen-bond donors (Lipinski definition) is 0. The fourth-order valence-corrected chi connectivity index (χ4v) is 3.34. The second-order valence-electron chi connectivity index (χ2n) is 7.01. The van der Waals surface area contributed by atoms with Crippen LogP contribution in [0.15, 0.2) is 24.3 Å². The van der Waals surface area contributed by atoms with E-state index in [1.165, 1.54) is 0 Å². The van der Waals surface area contributed by atoms with Crippen molar-refractivity contribution >= 4 is 34.9 Å². The Hall–Kier alpha value is -1.26. The molecule has 0 bridgehead atoms. The van der Waals surface area contributed by atoms with Gasteiger partial charge in [0.05, 0.1) is 5.88 Å². The number of rotatable bonds is 7. The zero-order chi connectivity index (χ0) is 18.4. The molecule has 0 radical (unpaired) electrons. The van der Waals surface area contributed by atoms with E-state index in [1.807, 2.05) is 4.90 Å². The summed E-state index contributed by atoms with van der Waals surface area (Å²) >= 11 is 11.4. The molecule has 1 fully saturated rings. The Balaban J connectivity index is 1.85.